The molecular weight excluding hydrogens is 423 g/mol. The van der Waals surface area contributed by atoms with Crippen LogP contribution >= 0.6 is 22.9 Å². The van der Waals surface area contributed by atoms with E-state index in [1.807, 2.05) is 4.90 Å². The van der Waals surface area contributed by atoms with Crippen molar-refractivity contribution in [1.82, 2.24) is 19.7 Å². The fourth-order valence-corrected chi connectivity index (χ4v) is 5.88. The van der Waals surface area contributed by atoms with Crippen molar-refractivity contribution in [1.29, 1.82) is 0 Å². The van der Waals surface area contributed by atoms with Gasteiger partial charge in [0.25, 0.3) is 0 Å². The van der Waals surface area contributed by atoms with E-state index in [2.05, 4.69) is 14.8 Å². The number of benzene rings is 1. The molecule has 5 rings (SSSR count). The zero-order chi connectivity index (χ0) is 20.7. The predicted molar refractivity (Wildman–Crippen MR) is 117 cm³/mol. The number of nitrogens with zero attached hydrogens (tertiary/aromatic N) is 4. The molecule has 5 nitrogen and oxygen atoms in total. The van der Waals surface area contributed by atoms with Gasteiger partial charge in [-0.3, -0.25) is 14.6 Å². The average molecular weight is 449 g/mol. The summed E-state index contributed by atoms with van der Waals surface area (Å²) in [5, 5.41) is 1.07. The SMILES string of the molecule is O=C(CN1CCc2nc(-c3ccc(Cl)cc3F)sc2C1)N1CCN(C2CCC2)CC1. The minimum absolute atomic E-state index is 0.222. The summed E-state index contributed by atoms with van der Waals surface area (Å²) in [7, 11) is 0. The summed E-state index contributed by atoms with van der Waals surface area (Å²) in [5.41, 5.74) is 1.52. The molecule has 1 aliphatic carbocycles. The van der Waals surface area contributed by atoms with Crippen LogP contribution in [0.2, 0.25) is 5.02 Å². The number of carbonyl (C=O) groups excluding carboxylic acids is 1. The van der Waals surface area contributed by atoms with E-state index in [9.17, 15) is 9.18 Å². The highest BCUT2D eigenvalue weighted by Gasteiger charge is 2.30. The summed E-state index contributed by atoms with van der Waals surface area (Å²) in [6.45, 7) is 5.66. The Labute approximate surface area is 185 Å². The van der Waals surface area contributed by atoms with Crippen LogP contribution in [-0.4, -0.2) is 70.9 Å². The summed E-state index contributed by atoms with van der Waals surface area (Å²) < 4.78 is 14.3. The van der Waals surface area contributed by atoms with E-state index in [0.717, 1.165) is 55.8 Å². The number of thiazole rings is 1. The Morgan fingerprint density at radius 1 is 1.20 bits per heavy atom. The third-order valence-corrected chi connectivity index (χ3v) is 7.94. The van der Waals surface area contributed by atoms with E-state index >= 15 is 0 Å². The molecule has 2 aliphatic heterocycles. The maximum Gasteiger partial charge on any atom is 0.236 e. The van der Waals surface area contributed by atoms with Crippen molar-refractivity contribution in [3.63, 3.8) is 0 Å². The van der Waals surface area contributed by atoms with Crippen molar-refractivity contribution in [2.24, 2.45) is 0 Å². The van der Waals surface area contributed by atoms with Crippen LogP contribution in [-0.2, 0) is 17.8 Å². The van der Waals surface area contributed by atoms with Gasteiger partial charge in [0.2, 0.25) is 5.91 Å². The van der Waals surface area contributed by atoms with E-state index in [0.29, 0.717) is 28.7 Å². The van der Waals surface area contributed by atoms with Gasteiger partial charge in [-0.1, -0.05) is 18.0 Å². The molecule has 30 heavy (non-hydrogen) atoms. The van der Waals surface area contributed by atoms with Gasteiger partial charge in [0.05, 0.1) is 12.2 Å². The first-order valence-electron chi connectivity index (χ1n) is 10.7. The molecule has 0 bridgehead atoms. The molecule has 1 saturated heterocycles. The van der Waals surface area contributed by atoms with E-state index in [4.69, 9.17) is 11.6 Å². The fraction of sp³-hybridized carbons (Fsp3) is 0.545. The van der Waals surface area contributed by atoms with Crippen LogP contribution in [0, 0.1) is 5.82 Å². The maximum atomic E-state index is 14.3. The lowest BCUT2D eigenvalue weighted by atomic mass is 9.91. The lowest BCUT2D eigenvalue weighted by molar-refractivity contribution is -0.135. The molecule has 1 aromatic carbocycles. The molecular formula is C22H26ClFN4OS. The molecule has 2 fully saturated rings. The van der Waals surface area contributed by atoms with Crippen LogP contribution < -0.4 is 0 Å². The van der Waals surface area contributed by atoms with Crippen molar-refractivity contribution < 1.29 is 9.18 Å². The first-order valence-corrected chi connectivity index (χ1v) is 11.9. The van der Waals surface area contributed by atoms with E-state index in [1.165, 1.54) is 36.7 Å². The zero-order valence-electron chi connectivity index (χ0n) is 16.9. The molecule has 160 valence electrons. The molecule has 1 amide bonds. The van der Waals surface area contributed by atoms with Gasteiger partial charge in [0, 0.05) is 67.2 Å². The number of halogens is 2. The van der Waals surface area contributed by atoms with Crippen molar-refractivity contribution in [2.75, 3.05) is 39.3 Å². The first-order chi connectivity index (χ1) is 14.6. The molecule has 0 N–H and O–H groups in total. The third kappa shape index (κ3) is 4.13. The van der Waals surface area contributed by atoms with Gasteiger partial charge >= 0.3 is 0 Å². The van der Waals surface area contributed by atoms with Crippen molar-refractivity contribution >= 4 is 28.8 Å². The summed E-state index contributed by atoms with van der Waals surface area (Å²) in [5.74, 6) is -0.123. The van der Waals surface area contributed by atoms with Crippen molar-refractivity contribution in [2.45, 2.75) is 38.3 Å². The topological polar surface area (TPSA) is 39.7 Å². The van der Waals surface area contributed by atoms with Crippen LogP contribution in [0.25, 0.3) is 10.6 Å². The van der Waals surface area contributed by atoms with Crippen LogP contribution in [0.15, 0.2) is 18.2 Å². The lowest BCUT2D eigenvalue weighted by Gasteiger charge is -2.43. The molecule has 1 aromatic heterocycles. The number of piperazine rings is 1. The van der Waals surface area contributed by atoms with Crippen LogP contribution in [0.1, 0.15) is 29.8 Å². The van der Waals surface area contributed by atoms with Crippen LogP contribution in [0.4, 0.5) is 4.39 Å². The first kappa shape index (κ1) is 20.4. The molecule has 3 aliphatic rings. The van der Waals surface area contributed by atoms with E-state index < -0.39 is 0 Å². The van der Waals surface area contributed by atoms with Gasteiger partial charge in [-0.15, -0.1) is 11.3 Å². The van der Waals surface area contributed by atoms with E-state index in [1.54, 1.807) is 12.1 Å². The standard InChI is InChI=1S/C22H26ClFN4OS/c23-15-4-5-17(18(24)12-15)22-25-19-6-7-26(13-20(19)30-22)14-21(29)28-10-8-27(9-11-28)16-2-1-3-16/h4-5,12,16H,1-3,6-11,13-14H2. The Hall–Kier alpha value is -1.54. The van der Waals surface area contributed by atoms with Gasteiger partial charge in [-0.05, 0) is 31.0 Å². The second-order valence-electron chi connectivity index (χ2n) is 8.48. The molecule has 0 atom stereocenters. The minimum atomic E-state index is -0.346. The highest BCUT2D eigenvalue weighted by Crippen LogP contribution is 2.34. The number of carbonyl (C=O) groups is 1. The Morgan fingerprint density at radius 3 is 2.70 bits per heavy atom. The smallest absolute Gasteiger partial charge is 0.236 e. The highest BCUT2D eigenvalue weighted by molar-refractivity contribution is 7.15. The Balaban J connectivity index is 1.19. The quantitative estimate of drug-likeness (QED) is 0.715. The average Bonchev–Trinajstić information content (AvgIpc) is 3.10. The number of hydrogen-bond donors (Lipinski definition) is 0. The van der Waals surface area contributed by atoms with Gasteiger partial charge in [0.15, 0.2) is 0 Å². The molecule has 0 spiro atoms. The molecule has 3 heterocycles. The highest BCUT2D eigenvalue weighted by atomic mass is 35.5. The summed E-state index contributed by atoms with van der Waals surface area (Å²) in [4.78, 5) is 25.4. The predicted octanol–water partition coefficient (Wildman–Crippen LogP) is 3.66. The summed E-state index contributed by atoms with van der Waals surface area (Å²) in [6.07, 6.45) is 4.79. The third-order valence-electron chi connectivity index (χ3n) is 6.59. The fourth-order valence-electron chi connectivity index (χ4n) is 4.54. The van der Waals surface area contributed by atoms with Crippen LogP contribution in [0.3, 0.4) is 0 Å². The number of hydrogen-bond acceptors (Lipinski definition) is 5. The number of amides is 1. The normalized spacial score (nSPS) is 20.8. The summed E-state index contributed by atoms with van der Waals surface area (Å²) >= 11 is 7.39. The Kier molecular flexibility index (Phi) is 5.79. The van der Waals surface area contributed by atoms with E-state index in [-0.39, 0.29) is 11.7 Å². The van der Waals surface area contributed by atoms with Gasteiger partial charge < -0.3 is 4.90 Å². The molecule has 2 aromatic rings. The van der Waals surface area contributed by atoms with Crippen molar-refractivity contribution in [3.05, 3.63) is 39.6 Å². The van der Waals surface area contributed by atoms with Gasteiger partial charge in [-0.2, -0.15) is 0 Å². The number of aromatic nitrogens is 1. The van der Waals surface area contributed by atoms with Gasteiger partial charge in [0.1, 0.15) is 10.8 Å². The Bertz CT molecular complexity index is 939. The lowest BCUT2D eigenvalue weighted by Crippen LogP contribution is -2.55. The molecule has 1 saturated carbocycles. The maximum absolute atomic E-state index is 14.3. The number of fused-ring (bicyclic) bond motifs is 1. The van der Waals surface area contributed by atoms with Gasteiger partial charge in [-0.25, -0.2) is 9.37 Å². The number of rotatable bonds is 4. The second kappa shape index (κ2) is 8.54. The van der Waals surface area contributed by atoms with Crippen LogP contribution in [0.5, 0.6) is 0 Å². The van der Waals surface area contributed by atoms with Crippen molar-refractivity contribution in [3.8, 4) is 10.6 Å². The second-order valence-corrected chi connectivity index (χ2v) is 10.00. The zero-order valence-corrected chi connectivity index (χ0v) is 18.5. The molecule has 0 unspecified atom stereocenters. The molecule has 0 radical (unpaired) electrons. The minimum Gasteiger partial charge on any atom is -0.339 e. The largest absolute Gasteiger partial charge is 0.339 e. The summed E-state index contributed by atoms with van der Waals surface area (Å²) in [6, 6.07) is 5.46. The Morgan fingerprint density at radius 2 is 2.00 bits per heavy atom. The molecule has 8 heteroatoms. The monoisotopic (exact) mass is 448 g/mol.